The molecule has 5 nitrogen and oxygen atoms in total. The summed E-state index contributed by atoms with van der Waals surface area (Å²) in [6.07, 6.45) is 1.93. The van der Waals surface area contributed by atoms with E-state index in [0.29, 0.717) is 11.4 Å². The van der Waals surface area contributed by atoms with Gasteiger partial charge in [-0.15, -0.1) is 11.8 Å². The highest BCUT2D eigenvalue weighted by molar-refractivity contribution is 7.98. The van der Waals surface area contributed by atoms with Crippen LogP contribution < -0.4 is 5.32 Å². The van der Waals surface area contributed by atoms with Gasteiger partial charge < -0.3 is 10.4 Å². The number of carbonyl (C=O) groups excluding carboxylic acids is 1. The van der Waals surface area contributed by atoms with Gasteiger partial charge in [-0.05, 0) is 37.4 Å². The molecule has 0 saturated carbocycles. The number of carboxylic acids is 1. The van der Waals surface area contributed by atoms with Crippen LogP contribution in [-0.2, 0) is 0 Å². The maximum absolute atomic E-state index is 12.2. The van der Waals surface area contributed by atoms with E-state index >= 15 is 0 Å². The number of rotatable bonds is 4. The second kappa shape index (κ2) is 6.41. The predicted molar refractivity (Wildman–Crippen MR) is 82.1 cm³/mol. The molecule has 0 radical (unpaired) electrons. The molecule has 1 heterocycles. The fourth-order valence-electron chi connectivity index (χ4n) is 1.85. The molecule has 2 aromatic rings. The Hall–Kier alpha value is -2.34. The second-order valence-corrected chi connectivity index (χ2v) is 5.14. The van der Waals surface area contributed by atoms with Crippen molar-refractivity contribution in [1.82, 2.24) is 4.98 Å². The van der Waals surface area contributed by atoms with Crippen LogP contribution in [0, 0.1) is 6.92 Å². The van der Waals surface area contributed by atoms with Crippen LogP contribution >= 0.6 is 11.8 Å². The summed E-state index contributed by atoms with van der Waals surface area (Å²) >= 11 is 1.53. The minimum atomic E-state index is -1.06. The number of nitrogens with one attached hydrogen (secondary N) is 1. The maximum Gasteiger partial charge on any atom is 0.337 e. The van der Waals surface area contributed by atoms with E-state index in [2.05, 4.69) is 10.3 Å². The van der Waals surface area contributed by atoms with Crippen LogP contribution in [0.4, 0.5) is 5.69 Å². The summed E-state index contributed by atoms with van der Waals surface area (Å²) in [7, 11) is 0. The Morgan fingerprint density at radius 3 is 2.52 bits per heavy atom. The lowest BCUT2D eigenvalue weighted by Gasteiger charge is -2.09. The summed E-state index contributed by atoms with van der Waals surface area (Å²) in [6, 6.07) is 10.2. The molecule has 0 unspecified atom stereocenters. The smallest absolute Gasteiger partial charge is 0.337 e. The SMILES string of the molecule is CSc1ccccc1NC(=O)c1ccc(C(=O)O)c(C)n1. The Morgan fingerprint density at radius 2 is 1.90 bits per heavy atom. The molecule has 21 heavy (non-hydrogen) atoms. The quantitative estimate of drug-likeness (QED) is 0.849. The summed E-state index contributed by atoms with van der Waals surface area (Å²) in [5.74, 6) is -1.42. The first-order valence-electron chi connectivity index (χ1n) is 6.18. The number of thioether (sulfide) groups is 1. The van der Waals surface area contributed by atoms with E-state index in [4.69, 9.17) is 5.11 Å². The fraction of sp³-hybridized carbons (Fsp3) is 0.133. The van der Waals surface area contributed by atoms with E-state index in [9.17, 15) is 9.59 Å². The molecule has 0 fully saturated rings. The molecule has 0 saturated heterocycles. The summed E-state index contributed by atoms with van der Waals surface area (Å²) in [6.45, 7) is 1.57. The number of aryl methyl sites for hydroxylation is 1. The number of carbonyl (C=O) groups is 2. The van der Waals surface area contributed by atoms with Crippen LogP contribution in [-0.4, -0.2) is 28.2 Å². The zero-order valence-corrected chi connectivity index (χ0v) is 12.4. The zero-order chi connectivity index (χ0) is 15.4. The molecule has 0 spiro atoms. The van der Waals surface area contributed by atoms with E-state index in [1.54, 1.807) is 6.92 Å². The first-order chi connectivity index (χ1) is 10.0. The summed E-state index contributed by atoms with van der Waals surface area (Å²) in [4.78, 5) is 28.1. The number of aromatic nitrogens is 1. The van der Waals surface area contributed by atoms with Crippen molar-refractivity contribution in [2.24, 2.45) is 0 Å². The highest BCUT2D eigenvalue weighted by Crippen LogP contribution is 2.25. The lowest BCUT2D eigenvalue weighted by atomic mass is 10.2. The van der Waals surface area contributed by atoms with E-state index in [1.807, 2.05) is 30.5 Å². The van der Waals surface area contributed by atoms with Crippen molar-refractivity contribution in [3.63, 3.8) is 0 Å². The molecule has 0 aliphatic heterocycles. The van der Waals surface area contributed by atoms with Crippen LogP contribution in [0.15, 0.2) is 41.3 Å². The lowest BCUT2D eigenvalue weighted by Crippen LogP contribution is -2.15. The van der Waals surface area contributed by atoms with E-state index < -0.39 is 5.97 Å². The number of nitrogens with zero attached hydrogens (tertiary/aromatic N) is 1. The van der Waals surface area contributed by atoms with Crippen molar-refractivity contribution in [3.8, 4) is 0 Å². The van der Waals surface area contributed by atoms with Gasteiger partial charge in [0.25, 0.3) is 5.91 Å². The van der Waals surface area contributed by atoms with Gasteiger partial charge in [-0.2, -0.15) is 0 Å². The van der Waals surface area contributed by atoms with Gasteiger partial charge >= 0.3 is 5.97 Å². The third kappa shape index (κ3) is 3.41. The van der Waals surface area contributed by atoms with Crippen molar-refractivity contribution < 1.29 is 14.7 Å². The van der Waals surface area contributed by atoms with Crippen molar-refractivity contribution in [1.29, 1.82) is 0 Å². The average molecular weight is 302 g/mol. The maximum atomic E-state index is 12.2. The number of amides is 1. The van der Waals surface area contributed by atoms with Gasteiger partial charge in [-0.3, -0.25) is 4.79 Å². The number of benzene rings is 1. The Bertz CT molecular complexity index is 701. The number of aromatic carboxylic acids is 1. The highest BCUT2D eigenvalue weighted by Gasteiger charge is 2.14. The van der Waals surface area contributed by atoms with Crippen molar-refractivity contribution >= 4 is 29.3 Å². The van der Waals surface area contributed by atoms with Gasteiger partial charge in [0.15, 0.2) is 0 Å². The Morgan fingerprint density at radius 1 is 1.19 bits per heavy atom. The topological polar surface area (TPSA) is 79.3 Å². The monoisotopic (exact) mass is 302 g/mol. The number of hydrogen-bond acceptors (Lipinski definition) is 4. The molecule has 6 heteroatoms. The van der Waals surface area contributed by atoms with Gasteiger partial charge in [0.05, 0.1) is 16.9 Å². The van der Waals surface area contributed by atoms with Crippen LogP contribution in [0.5, 0.6) is 0 Å². The van der Waals surface area contributed by atoms with E-state index in [1.165, 1.54) is 23.9 Å². The van der Waals surface area contributed by atoms with Crippen molar-refractivity contribution in [2.45, 2.75) is 11.8 Å². The molecule has 0 aliphatic carbocycles. The average Bonchev–Trinajstić information content (AvgIpc) is 2.47. The van der Waals surface area contributed by atoms with Crippen molar-refractivity contribution in [2.75, 3.05) is 11.6 Å². The van der Waals surface area contributed by atoms with Gasteiger partial charge in [0, 0.05) is 4.90 Å². The van der Waals surface area contributed by atoms with Crippen LogP contribution in [0.2, 0.25) is 0 Å². The molecule has 0 bridgehead atoms. The molecule has 2 N–H and O–H groups in total. The molecule has 2 rings (SSSR count). The van der Waals surface area contributed by atoms with Crippen LogP contribution in [0.3, 0.4) is 0 Å². The van der Waals surface area contributed by atoms with Crippen molar-refractivity contribution in [3.05, 3.63) is 53.3 Å². The first kappa shape index (κ1) is 15.1. The lowest BCUT2D eigenvalue weighted by molar-refractivity contribution is 0.0695. The summed E-state index contributed by atoms with van der Waals surface area (Å²) in [5, 5.41) is 11.7. The normalized spacial score (nSPS) is 10.2. The fourth-order valence-corrected chi connectivity index (χ4v) is 2.40. The van der Waals surface area contributed by atoms with Crippen LogP contribution in [0.1, 0.15) is 26.5 Å². The third-order valence-electron chi connectivity index (χ3n) is 2.90. The zero-order valence-electron chi connectivity index (χ0n) is 11.6. The highest BCUT2D eigenvalue weighted by atomic mass is 32.2. The first-order valence-corrected chi connectivity index (χ1v) is 7.40. The molecule has 1 aromatic carbocycles. The predicted octanol–water partition coefficient (Wildman–Crippen LogP) is 3.06. The van der Waals surface area contributed by atoms with Gasteiger partial charge in [0.2, 0.25) is 0 Å². The molecule has 0 aliphatic rings. The molecular weight excluding hydrogens is 288 g/mol. The Kier molecular flexibility index (Phi) is 4.59. The number of hydrogen-bond donors (Lipinski definition) is 2. The number of para-hydroxylation sites is 1. The summed E-state index contributed by atoms with van der Waals surface area (Å²) < 4.78 is 0. The van der Waals surface area contributed by atoms with E-state index in [-0.39, 0.29) is 17.2 Å². The van der Waals surface area contributed by atoms with Gasteiger partial charge in [-0.1, -0.05) is 12.1 Å². The number of carboxylic acid groups (broad SMARTS) is 1. The van der Waals surface area contributed by atoms with E-state index in [0.717, 1.165) is 4.90 Å². The van der Waals surface area contributed by atoms with Gasteiger partial charge in [0.1, 0.15) is 5.69 Å². The molecule has 108 valence electrons. The largest absolute Gasteiger partial charge is 0.478 e. The molecule has 0 atom stereocenters. The molecular formula is C15H14N2O3S. The Labute approximate surface area is 126 Å². The standard InChI is InChI=1S/C15H14N2O3S/c1-9-10(15(19)20)7-8-12(16-9)14(18)17-11-5-3-4-6-13(11)21-2/h3-8H,1-2H3,(H,17,18)(H,19,20). The third-order valence-corrected chi connectivity index (χ3v) is 3.70. The number of anilines is 1. The summed E-state index contributed by atoms with van der Waals surface area (Å²) in [5.41, 5.74) is 1.30. The van der Waals surface area contributed by atoms with Gasteiger partial charge in [-0.25, -0.2) is 9.78 Å². The minimum absolute atomic E-state index is 0.0936. The number of pyridine rings is 1. The molecule has 1 aromatic heterocycles. The second-order valence-electron chi connectivity index (χ2n) is 4.29. The van der Waals surface area contributed by atoms with Crippen LogP contribution in [0.25, 0.3) is 0 Å². The minimum Gasteiger partial charge on any atom is -0.478 e. The Balaban J connectivity index is 2.25. The molecule has 1 amide bonds.